The molecule has 0 aliphatic carbocycles. The van der Waals surface area contributed by atoms with Crippen molar-refractivity contribution in [3.05, 3.63) is 64.5 Å². The number of amides is 1. The Kier molecular flexibility index (Phi) is 4.26. The third kappa shape index (κ3) is 2.87. The van der Waals surface area contributed by atoms with Gasteiger partial charge in [0.05, 0.1) is 11.1 Å². The number of pyridine rings is 1. The molecule has 3 aromatic rings. The highest BCUT2D eigenvalue weighted by Crippen LogP contribution is 2.33. The minimum Gasteiger partial charge on any atom is -0.383 e. The average molecular weight is 345 g/mol. The van der Waals surface area contributed by atoms with Crippen molar-refractivity contribution in [3.63, 3.8) is 0 Å². The van der Waals surface area contributed by atoms with Crippen LogP contribution >= 0.6 is 0 Å². The van der Waals surface area contributed by atoms with Crippen LogP contribution in [-0.2, 0) is 0 Å². The first-order valence-corrected chi connectivity index (χ1v) is 7.74. The lowest BCUT2D eigenvalue weighted by Crippen LogP contribution is -2.16. The number of aromatic amines is 1. The normalized spacial score (nSPS) is 12.7. The van der Waals surface area contributed by atoms with E-state index in [1.807, 2.05) is 19.9 Å². The number of aliphatic hydroxyl groups excluding tert-OH is 1. The van der Waals surface area contributed by atoms with Crippen LogP contribution in [0.2, 0.25) is 0 Å². The van der Waals surface area contributed by atoms with Gasteiger partial charge < -0.3 is 15.8 Å². The molecule has 0 fully saturated rings. The van der Waals surface area contributed by atoms with E-state index in [4.69, 9.17) is 5.73 Å². The zero-order valence-corrected chi connectivity index (χ0v) is 13.7. The average Bonchev–Trinajstić information content (AvgIpc) is 2.97. The standard InChI is InChI=1S/C18H17F2N3O2/c1-8(2)9-5-11-12(7-23-18(11)22-6-9)16(24)14-13(19)4-3-10(15(14)20)17(21)25/h3-8,16,24H,1-2H3,(H2,21,25)(H,22,23). The Hall–Kier alpha value is -2.80. The molecule has 0 saturated heterocycles. The van der Waals surface area contributed by atoms with Crippen LogP contribution in [0.3, 0.4) is 0 Å². The van der Waals surface area contributed by atoms with Crippen molar-refractivity contribution in [2.24, 2.45) is 5.73 Å². The minimum atomic E-state index is -1.61. The fourth-order valence-electron chi connectivity index (χ4n) is 2.75. The number of hydrogen-bond acceptors (Lipinski definition) is 3. The fourth-order valence-corrected chi connectivity index (χ4v) is 2.75. The highest BCUT2D eigenvalue weighted by Gasteiger charge is 2.26. The monoisotopic (exact) mass is 345 g/mol. The summed E-state index contributed by atoms with van der Waals surface area (Å²) in [7, 11) is 0. The smallest absolute Gasteiger partial charge is 0.251 e. The summed E-state index contributed by atoms with van der Waals surface area (Å²) < 4.78 is 28.7. The first kappa shape index (κ1) is 17.0. The number of rotatable bonds is 4. The van der Waals surface area contributed by atoms with Gasteiger partial charge in [-0.1, -0.05) is 13.8 Å². The minimum absolute atomic E-state index is 0.198. The molecule has 0 aliphatic heterocycles. The first-order chi connectivity index (χ1) is 11.8. The number of carbonyl (C=O) groups is 1. The van der Waals surface area contributed by atoms with Crippen molar-refractivity contribution in [1.82, 2.24) is 9.97 Å². The van der Waals surface area contributed by atoms with Crippen LogP contribution in [0.5, 0.6) is 0 Å². The molecule has 130 valence electrons. The molecule has 3 rings (SSSR count). The Morgan fingerprint density at radius 3 is 2.68 bits per heavy atom. The van der Waals surface area contributed by atoms with Crippen molar-refractivity contribution >= 4 is 16.9 Å². The summed E-state index contributed by atoms with van der Waals surface area (Å²) in [5, 5.41) is 11.2. The topological polar surface area (TPSA) is 92.0 Å². The summed E-state index contributed by atoms with van der Waals surface area (Å²) in [5.41, 5.74) is 5.69. The number of H-pyrrole nitrogens is 1. The summed E-state index contributed by atoms with van der Waals surface area (Å²) >= 11 is 0. The van der Waals surface area contributed by atoms with E-state index in [-0.39, 0.29) is 11.5 Å². The summed E-state index contributed by atoms with van der Waals surface area (Å²) in [6, 6.07) is 3.68. The van der Waals surface area contributed by atoms with Gasteiger partial charge in [-0.15, -0.1) is 0 Å². The van der Waals surface area contributed by atoms with E-state index >= 15 is 0 Å². The van der Waals surface area contributed by atoms with Crippen LogP contribution in [0.15, 0.2) is 30.6 Å². The summed E-state index contributed by atoms with van der Waals surface area (Å²) in [6.07, 6.45) is 1.54. The molecule has 0 saturated carbocycles. The number of fused-ring (bicyclic) bond motifs is 1. The second kappa shape index (κ2) is 6.25. The van der Waals surface area contributed by atoms with Crippen LogP contribution in [0.25, 0.3) is 11.0 Å². The molecule has 0 aliphatic rings. The molecule has 1 unspecified atom stereocenters. The van der Waals surface area contributed by atoms with Gasteiger partial charge in [-0.25, -0.2) is 13.8 Å². The summed E-state index contributed by atoms with van der Waals surface area (Å²) in [5.74, 6) is -2.96. The molecule has 1 atom stereocenters. The zero-order valence-electron chi connectivity index (χ0n) is 13.7. The Bertz CT molecular complexity index is 966. The van der Waals surface area contributed by atoms with Gasteiger partial charge in [-0.2, -0.15) is 0 Å². The van der Waals surface area contributed by atoms with Gasteiger partial charge in [0.15, 0.2) is 0 Å². The largest absolute Gasteiger partial charge is 0.383 e. The maximum atomic E-state index is 14.5. The first-order valence-electron chi connectivity index (χ1n) is 7.74. The maximum absolute atomic E-state index is 14.5. The Balaban J connectivity index is 2.18. The molecule has 7 heteroatoms. The predicted octanol–water partition coefficient (Wildman–Crippen LogP) is 3.15. The number of primary amides is 1. The van der Waals surface area contributed by atoms with Crippen molar-refractivity contribution in [2.75, 3.05) is 0 Å². The van der Waals surface area contributed by atoms with Gasteiger partial charge in [0.2, 0.25) is 0 Å². The van der Waals surface area contributed by atoms with E-state index < -0.39 is 34.8 Å². The third-order valence-electron chi connectivity index (χ3n) is 4.21. The van der Waals surface area contributed by atoms with E-state index in [9.17, 15) is 18.7 Å². The van der Waals surface area contributed by atoms with Gasteiger partial charge >= 0.3 is 0 Å². The molecule has 0 spiro atoms. The molecule has 1 aromatic carbocycles. The summed E-state index contributed by atoms with van der Waals surface area (Å²) in [4.78, 5) is 18.4. The number of hydrogen-bond donors (Lipinski definition) is 3. The fraction of sp³-hybridized carbons (Fsp3) is 0.222. The Morgan fingerprint density at radius 1 is 1.32 bits per heavy atom. The second-order valence-electron chi connectivity index (χ2n) is 6.15. The molecule has 25 heavy (non-hydrogen) atoms. The lowest BCUT2D eigenvalue weighted by Gasteiger charge is -2.14. The molecule has 1 amide bonds. The number of benzene rings is 1. The van der Waals surface area contributed by atoms with Crippen LogP contribution in [0.4, 0.5) is 8.78 Å². The lowest BCUT2D eigenvalue weighted by molar-refractivity contribution is 0.0995. The number of aromatic nitrogens is 2. The number of carbonyl (C=O) groups excluding carboxylic acids is 1. The molecule has 0 radical (unpaired) electrons. The van der Waals surface area contributed by atoms with Gasteiger partial charge in [0, 0.05) is 23.3 Å². The lowest BCUT2D eigenvalue weighted by atomic mass is 9.96. The molecule has 0 bridgehead atoms. The van der Waals surface area contributed by atoms with Crippen LogP contribution < -0.4 is 5.73 Å². The van der Waals surface area contributed by atoms with E-state index in [2.05, 4.69) is 9.97 Å². The highest BCUT2D eigenvalue weighted by molar-refractivity contribution is 5.93. The molecule has 5 nitrogen and oxygen atoms in total. The molecule has 4 N–H and O–H groups in total. The van der Waals surface area contributed by atoms with Crippen molar-refractivity contribution in [2.45, 2.75) is 25.9 Å². The van der Waals surface area contributed by atoms with Crippen LogP contribution in [-0.4, -0.2) is 21.0 Å². The van der Waals surface area contributed by atoms with E-state index in [1.165, 1.54) is 6.20 Å². The van der Waals surface area contributed by atoms with Gasteiger partial charge in [-0.05, 0) is 29.7 Å². The predicted molar refractivity (Wildman–Crippen MR) is 89.1 cm³/mol. The van der Waals surface area contributed by atoms with E-state index in [1.54, 1.807) is 6.20 Å². The van der Waals surface area contributed by atoms with E-state index in [0.29, 0.717) is 11.0 Å². The van der Waals surface area contributed by atoms with Crippen LogP contribution in [0, 0.1) is 11.6 Å². The van der Waals surface area contributed by atoms with Gasteiger partial charge in [0.1, 0.15) is 23.4 Å². The number of nitrogens with two attached hydrogens (primary N) is 1. The van der Waals surface area contributed by atoms with Crippen molar-refractivity contribution in [1.29, 1.82) is 0 Å². The SMILES string of the molecule is CC(C)c1cnc2[nH]cc(C(O)c3c(F)ccc(C(N)=O)c3F)c2c1. The van der Waals surface area contributed by atoms with E-state index in [0.717, 1.165) is 17.7 Å². The Morgan fingerprint density at radius 2 is 2.04 bits per heavy atom. The molecular formula is C18H17F2N3O2. The van der Waals surface area contributed by atoms with Crippen LogP contribution in [0.1, 0.15) is 52.9 Å². The Labute approximate surface area is 142 Å². The third-order valence-corrected chi connectivity index (χ3v) is 4.21. The molecule has 2 aromatic heterocycles. The zero-order chi connectivity index (χ0) is 18.3. The number of aliphatic hydroxyl groups is 1. The van der Waals surface area contributed by atoms with Gasteiger partial charge in [-0.3, -0.25) is 4.79 Å². The summed E-state index contributed by atoms with van der Waals surface area (Å²) in [6.45, 7) is 3.97. The number of nitrogens with one attached hydrogen (secondary N) is 1. The number of halogens is 2. The maximum Gasteiger partial charge on any atom is 0.251 e. The van der Waals surface area contributed by atoms with Gasteiger partial charge in [0.25, 0.3) is 5.91 Å². The highest BCUT2D eigenvalue weighted by atomic mass is 19.1. The van der Waals surface area contributed by atoms with Crippen molar-refractivity contribution in [3.8, 4) is 0 Å². The quantitative estimate of drug-likeness (QED) is 0.678. The number of nitrogens with zero attached hydrogens (tertiary/aromatic N) is 1. The molecule has 2 heterocycles. The molecular weight excluding hydrogens is 328 g/mol. The van der Waals surface area contributed by atoms with Crippen molar-refractivity contribution < 1.29 is 18.7 Å². The second-order valence-corrected chi connectivity index (χ2v) is 6.15.